The Labute approximate surface area is 173 Å². The third-order valence-electron chi connectivity index (χ3n) is 5.12. The average molecular weight is 406 g/mol. The van der Waals surface area contributed by atoms with Crippen LogP contribution in [0.4, 0.5) is 10.1 Å². The molecule has 0 aliphatic rings. The van der Waals surface area contributed by atoms with Crippen molar-refractivity contribution < 1.29 is 9.18 Å². The Balaban J connectivity index is 1.49. The summed E-state index contributed by atoms with van der Waals surface area (Å²) in [6.07, 6.45) is 2.58. The van der Waals surface area contributed by atoms with Crippen LogP contribution in [0.15, 0.2) is 48.7 Å². The maximum atomic E-state index is 13.1. The number of fused-ring (bicyclic) bond motifs is 1. The van der Waals surface area contributed by atoms with Crippen LogP contribution in [-0.2, 0) is 13.0 Å². The van der Waals surface area contributed by atoms with E-state index in [4.69, 9.17) is 0 Å². The Morgan fingerprint density at radius 1 is 1.20 bits per heavy atom. The molecule has 0 radical (unpaired) electrons. The third-order valence-corrected chi connectivity index (χ3v) is 5.12. The van der Waals surface area contributed by atoms with Crippen LogP contribution < -0.4 is 5.32 Å². The quantitative estimate of drug-likeness (QED) is 0.437. The van der Waals surface area contributed by atoms with Gasteiger partial charge in [0.2, 0.25) is 0 Å². The Bertz CT molecular complexity index is 1150. The standard InChI is InChI=1S/C22H23FN6O/c1-14-19(9-10-29(2)13-18-12-24-28-27-18)20-11-17(7-8-21(20)25-14)26-22(30)15-3-5-16(23)6-4-15/h3-8,11-12,25H,9-10,13H2,1-2H3,(H,26,30)(H,24,27,28). The molecule has 1 amide bonds. The lowest BCUT2D eigenvalue weighted by Gasteiger charge is -2.15. The Morgan fingerprint density at radius 2 is 2.00 bits per heavy atom. The summed E-state index contributed by atoms with van der Waals surface area (Å²) in [6, 6.07) is 11.3. The Hall–Kier alpha value is -3.52. The SMILES string of the molecule is Cc1[nH]c2ccc(NC(=O)c3ccc(F)cc3)cc2c1CCN(C)Cc1cn[nH]n1. The monoisotopic (exact) mass is 406 g/mol. The second-order valence-corrected chi connectivity index (χ2v) is 7.40. The summed E-state index contributed by atoms with van der Waals surface area (Å²) in [4.78, 5) is 18.1. The van der Waals surface area contributed by atoms with Crippen molar-refractivity contribution in [2.45, 2.75) is 19.9 Å². The predicted octanol–water partition coefficient (Wildman–Crippen LogP) is 3.66. The second kappa shape index (κ2) is 8.46. The number of amides is 1. The first-order valence-corrected chi connectivity index (χ1v) is 9.71. The molecule has 2 aromatic carbocycles. The molecule has 0 aliphatic carbocycles. The molecule has 4 rings (SSSR count). The van der Waals surface area contributed by atoms with Crippen LogP contribution in [0.5, 0.6) is 0 Å². The summed E-state index contributed by atoms with van der Waals surface area (Å²) in [5.41, 5.74) is 5.38. The van der Waals surface area contributed by atoms with Gasteiger partial charge >= 0.3 is 0 Å². The highest BCUT2D eigenvalue weighted by atomic mass is 19.1. The molecule has 2 aromatic heterocycles. The number of rotatable bonds is 7. The summed E-state index contributed by atoms with van der Waals surface area (Å²) in [7, 11) is 2.05. The molecule has 0 saturated heterocycles. The van der Waals surface area contributed by atoms with Gasteiger partial charge in [-0.2, -0.15) is 15.4 Å². The van der Waals surface area contributed by atoms with Crippen molar-refractivity contribution in [1.82, 2.24) is 25.3 Å². The number of aryl methyl sites for hydroxylation is 1. The fourth-order valence-electron chi connectivity index (χ4n) is 3.55. The van der Waals surface area contributed by atoms with Crippen LogP contribution in [0.1, 0.15) is 27.3 Å². The van der Waals surface area contributed by atoms with E-state index in [1.54, 1.807) is 6.20 Å². The molecule has 2 heterocycles. The molecule has 0 bridgehead atoms. The molecule has 0 fully saturated rings. The molecule has 30 heavy (non-hydrogen) atoms. The van der Waals surface area contributed by atoms with Gasteiger partial charge in [0.1, 0.15) is 5.82 Å². The van der Waals surface area contributed by atoms with Gasteiger partial charge in [0.05, 0.1) is 11.9 Å². The number of halogens is 1. The highest BCUT2D eigenvalue weighted by Crippen LogP contribution is 2.26. The number of anilines is 1. The largest absolute Gasteiger partial charge is 0.358 e. The van der Waals surface area contributed by atoms with E-state index in [2.05, 4.69) is 37.5 Å². The molecule has 8 heteroatoms. The molecule has 0 unspecified atom stereocenters. The minimum atomic E-state index is -0.367. The van der Waals surface area contributed by atoms with Crippen molar-refractivity contribution >= 4 is 22.5 Å². The van der Waals surface area contributed by atoms with Crippen molar-refractivity contribution in [3.05, 3.63) is 77.0 Å². The zero-order chi connectivity index (χ0) is 21.1. The van der Waals surface area contributed by atoms with Gasteiger partial charge in [-0.15, -0.1) is 0 Å². The summed E-state index contributed by atoms with van der Waals surface area (Å²) in [5.74, 6) is -0.635. The van der Waals surface area contributed by atoms with Crippen molar-refractivity contribution in [3.63, 3.8) is 0 Å². The van der Waals surface area contributed by atoms with Crippen LogP contribution in [-0.4, -0.2) is 44.8 Å². The van der Waals surface area contributed by atoms with E-state index < -0.39 is 0 Å². The first kappa shape index (κ1) is 19.8. The number of likely N-dealkylation sites (N-methyl/N-ethyl adjacent to an activating group) is 1. The summed E-state index contributed by atoms with van der Waals surface area (Å²) < 4.78 is 13.1. The van der Waals surface area contributed by atoms with Crippen molar-refractivity contribution in [2.75, 3.05) is 18.9 Å². The number of nitrogens with zero attached hydrogens (tertiary/aromatic N) is 3. The first-order chi connectivity index (χ1) is 14.5. The molecular formula is C22H23FN6O. The van der Waals surface area contributed by atoms with E-state index in [0.717, 1.165) is 41.8 Å². The van der Waals surface area contributed by atoms with Crippen LogP contribution in [0.2, 0.25) is 0 Å². The molecular weight excluding hydrogens is 383 g/mol. The van der Waals surface area contributed by atoms with Gasteiger partial charge in [-0.25, -0.2) is 4.39 Å². The maximum absolute atomic E-state index is 13.1. The van der Waals surface area contributed by atoms with Gasteiger partial charge in [-0.05, 0) is 68.4 Å². The van der Waals surface area contributed by atoms with E-state index >= 15 is 0 Å². The lowest BCUT2D eigenvalue weighted by molar-refractivity contribution is 0.102. The number of carbonyl (C=O) groups is 1. The minimum Gasteiger partial charge on any atom is -0.358 e. The zero-order valence-corrected chi connectivity index (χ0v) is 16.9. The van der Waals surface area contributed by atoms with E-state index in [-0.39, 0.29) is 11.7 Å². The molecule has 0 atom stereocenters. The van der Waals surface area contributed by atoms with E-state index in [9.17, 15) is 9.18 Å². The van der Waals surface area contributed by atoms with Gasteiger partial charge in [0, 0.05) is 40.9 Å². The van der Waals surface area contributed by atoms with Crippen molar-refractivity contribution in [3.8, 4) is 0 Å². The molecule has 0 aliphatic heterocycles. The molecule has 3 N–H and O–H groups in total. The molecule has 0 saturated carbocycles. The lowest BCUT2D eigenvalue weighted by Crippen LogP contribution is -2.21. The van der Waals surface area contributed by atoms with Gasteiger partial charge in [-0.3, -0.25) is 4.79 Å². The number of carbonyl (C=O) groups excluding carboxylic acids is 1. The maximum Gasteiger partial charge on any atom is 0.255 e. The zero-order valence-electron chi connectivity index (χ0n) is 16.9. The van der Waals surface area contributed by atoms with Gasteiger partial charge in [0.25, 0.3) is 5.91 Å². The first-order valence-electron chi connectivity index (χ1n) is 9.71. The van der Waals surface area contributed by atoms with E-state index in [0.29, 0.717) is 11.3 Å². The van der Waals surface area contributed by atoms with Crippen LogP contribution in [0.25, 0.3) is 10.9 Å². The summed E-state index contributed by atoms with van der Waals surface area (Å²) in [5, 5.41) is 14.5. The molecule has 7 nitrogen and oxygen atoms in total. The summed E-state index contributed by atoms with van der Waals surface area (Å²) in [6.45, 7) is 3.63. The Kier molecular flexibility index (Phi) is 5.58. The van der Waals surface area contributed by atoms with Gasteiger partial charge in [0.15, 0.2) is 0 Å². The fourth-order valence-corrected chi connectivity index (χ4v) is 3.55. The van der Waals surface area contributed by atoms with Gasteiger partial charge in [-0.1, -0.05) is 0 Å². The number of hydrogen-bond donors (Lipinski definition) is 3. The number of aromatic nitrogens is 4. The van der Waals surface area contributed by atoms with E-state index in [1.165, 1.54) is 29.8 Å². The lowest BCUT2D eigenvalue weighted by atomic mass is 10.1. The Morgan fingerprint density at radius 3 is 2.73 bits per heavy atom. The fraction of sp³-hybridized carbons (Fsp3) is 0.227. The number of hydrogen-bond acceptors (Lipinski definition) is 4. The van der Waals surface area contributed by atoms with Crippen LogP contribution in [0.3, 0.4) is 0 Å². The molecule has 0 spiro atoms. The smallest absolute Gasteiger partial charge is 0.255 e. The topological polar surface area (TPSA) is 89.7 Å². The molecule has 154 valence electrons. The number of aromatic amines is 2. The van der Waals surface area contributed by atoms with Crippen molar-refractivity contribution in [1.29, 1.82) is 0 Å². The average Bonchev–Trinajstić information content (AvgIpc) is 3.33. The highest BCUT2D eigenvalue weighted by Gasteiger charge is 2.12. The number of nitrogens with one attached hydrogen (secondary N) is 3. The minimum absolute atomic E-state index is 0.268. The van der Waals surface area contributed by atoms with Crippen molar-refractivity contribution in [2.24, 2.45) is 0 Å². The predicted molar refractivity (Wildman–Crippen MR) is 114 cm³/mol. The number of benzene rings is 2. The van der Waals surface area contributed by atoms with E-state index in [1.807, 2.05) is 25.2 Å². The normalized spacial score (nSPS) is 11.3. The highest BCUT2D eigenvalue weighted by molar-refractivity contribution is 6.05. The van der Waals surface area contributed by atoms with Crippen LogP contribution in [0, 0.1) is 12.7 Å². The summed E-state index contributed by atoms with van der Waals surface area (Å²) >= 11 is 0. The van der Waals surface area contributed by atoms with Gasteiger partial charge < -0.3 is 15.2 Å². The second-order valence-electron chi connectivity index (χ2n) is 7.40. The number of H-pyrrole nitrogens is 2. The third kappa shape index (κ3) is 4.38. The molecule has 4 aromatic rings. The van der Waals surface area contributed by atoms with Crippen LogP contribution >= 0.6 is 0 Å².